The molecule has 0 bridgehead atoms. The van der Waals surface area contributed by atoms with Gasteiger partial charge >= 0.3 is 5.97 Å². The number of carbonyl (C=O) groups excluding carboxylic acids is 2. The number of benzene rings is 1. The van der Waals surface area contributed by atoms with Crippen LogP contribution < -0.4 is 10.6 Å². The summed E-state index contributed by atoms with van der Waals surface area (Å²) in [5.41, 5.74) is 2.10. The molecule has 1 amide bonds. The minimum Gasteiger partial charge on any atom is -0.465 e. The van der Waals surface area contributed by atoms with Crippen LogP contribution in [0, 0.1) is 0 Å². The minimum atomic E-state index is -0.369. The smallest absolute Gasteiger partial charge is 0.337 e. The topological polar surface area (TPSA) is 80.3 Å². The van der Waals surface area contributed by atoms with Crippen molar-refractivity contribution < 1.29 is 14.3 Å². The van der Waals surface area contributed by atoms with Gasteiger partial charge in [0.25, 0.3) is 0 Å². The first-order valence-corrected chi connectivity index (χ1v) is 7.83. The molecule has 0 aliphatic heterocycles. The summed E-state index contributed by atoms with van der Waals surface area (Å²) < 4.78 is 4.66. The third-order valence-electron chi connectivity index (χ3n) is 3.38. The molecule has 0 saturated heterocycles. The summed E-state index contributed by atoms with van der Waals surface area (Å²) in [6, 6.07) is 10.5. The van der Waals surface area contributed by atoms with Gasteiger partial charge in [-0.2, -0.15) is 0 Å². The summed E-state index contributed by atoms with van der Waals surface area (Å²) in [5, 5.41) is 5.94. The zero-order chi connectivity index (χ0) is 17.4. The Morgan fingerprint density at radius 1 is 1.08 bits per heavy atom. The van der Waals surface area contributed by atoms with Crippen LogP contribution in [0.2, 0.25) is 0 Å². The summed E-state index contributed by atoms with van der Waals surface area (Å²) in [5.74, 6) is 0.137. The Morgan fingerprint density at radius 2 is 1.79 bits per heavy atom. The average Bonchev–Trinajstić information content (AvgIpc) is 2.61. The molecule has 24 heavy (non-hydrogen) atoms. The Bertz CT molecular complexity index is 682. The van der Waals surface area contributed by atoms with Crippen molar-refractivity contribution in [3.63, 3.8) is 0 Å². The summed E-state index contributed by atoms with van der Waals surface area (Å²) in [7, 11) is 1.35. The number of amides is 1. The molecule has 0 saturated carbocycles. The van der Waals surface area contributed by atoms with Gasteiger partial charge in [-0.05, 0) is 42.8 Å². The normalized spacial score (nSPS) is 10.1. The maximum absolute atomic E-state index is 11.7. The monoisotopic (exact) mass is 327 g/mol. The third kappa shape index (κ3) is 5.08. The van der Waals surface area contributed by atoms with Crippen molar-refractivity contribution in [1.82, 2.24) is 4.98 Å². The van der Waals surface area contributed by atoms with Crippen molar-refractivity contribution >= 4 is 29.1 Å². The van der Waals surface area contributed by atoms with E-state index in [4.69, 9.17) is 0 Å². The zero-order valence-electron chi connectivity index (χ0n) is 13.8. The van der Waals surface area contributed by atoms with E-state index in [0.717, 1.165) is 24.2 Å². The van der Waals surface area contributed by atoms with Gasteiger partial charge in [-0.1, -0.05) is 13.3 Å². The predicted octanol–water partition coefficient (Wildman–Crippen LogP) is 3.74. The lowest BCUT2D eigenvalue weighted by molar-refractivity contribution is -0.116. The van der Waals surface area contributed by atoms with E-state index in [-0.39, 0.29) is 11.9 Å². The fourth-order valence-corrected chi connectivity index (χ4v) is 2.06. The van der Waals surface area contributed by atoms with Crippen LogP contribution in [-0.4, -0.2) is 24.0 Å². The van der Waals surface area contributed by atoms with Crippen LogP contribution in [0.15, 0.2) is 42.6 Å². The Morgan fingerprint density at radius 3 is 2.38 bits per heavy atom. The third-order valence-corrected chi connectivity index (χ3v) is 3.38. The fraction of sp³-hybridized carbons (Fsp3) is 0.278. The number of aromatic nitrogens is 1. The summed E-state index contributed by atoms with van der Waals surface area (Å²) in [4.78, 5) is 27.3. The zero-order valence-corrected chi connectivity index (χ0v) is 13.8. The van der Waals surface area contributed by atoms with Gasteiger partial charge in [-0.15, -0.1) is 0 Å². The molecular formula is C18H21N3O3. The molecule has 2 rings (SSSR count). The Balaban J connectivity index is 1.94. The number of nitrogens with zero attached hydrogens (tertiary/aromatic N) is 1. The lowest BCUT2D eigenvalue weighted by atomic mass is 10.2. The number of anilines is 3. The molecule has 6 nitrogen and oxygen atoms in total. The number of rotatable bonds is 7. The number of pyridine rings is 1. The molecule has 2 aromatic rings. The molecule has 1 aromatic heterocycles. The molecule has 0 aliphatic carbocycles. The van der Waals surface area contributed by atoms with E-state index in [2.05, 4.69) is 20.4 Å². The average molecular weight is 327 g/mol. The standard InChI is InChI=1S/C18H21N3O3/c1-3-4-5-17(22)21-16-11-10-15(12-19-16)20-14-8-6-13(7-9-14)18(23)24-2/h6-12,20H,3-5H2,1-2H3,(H,19,21,22). The van der Waals surface area contributed by atoms with E-state index in [1.54, 1.807) is 36.5 Å². The minimum absolute atomic E-state index is 0.0246. The van der Waals surface area contributed by atoms with Crippen molar-refractivity contribution in [2.45, 2.75) is 26.2 Å². The van der Waals surface area contributed by atoms with E-state index in [1.807, 2.05) is 13.0 Å². The molecule has 0 spiro atoms. The van der Waals surface area contributed by atoms with Gasteiger partial charge in [0.2, 0.25) is 5.91 Å². The van der Waals surface area contributed by atoms with E-state index < -0.39 is 0 Å². The molecule has 1 heterocycles. The summed E-state index contributed by atoms with van der Waals surface area (Å²) >= 11 is 0. The van der Waals surface area contributed by atoms with Crippen LogP contribution in [0.5, 0.6) is 0 Å². The second kappa shape index (κ2) is 8.67. The van der Waals surface area contributed by atoms with Gasteiger partial charge in [0, 0.05) is 12.1 Å². The largest absolute Gasteiger partial charge is 0.465 e. The van der Waals surface area contributed by atoms with E-state index in [1.165, 1.54) is 7.11 Å². The lowest BCUT2D eigenvalue weighted by Crippen LogP contribution is -2.12. The van der Waals surface area contributed by atoms with Crippen molar-refractivity contribution in [3.05, 3.63) is 48.2 Å². The number of ether oxygens (including phenoxy) is 1. The van der Waals surface area contributed by atoms with Crippen molar-refractivity contribution in [1.29, 1.82) is 0 Å². The maximum atomic E-state index is 11.7. The highest BCUT2D eigenvalue weighted by Gasteiger charge is 2.05. The number of methoxy groups -OCH3 is 1. The summed E-state index contributed by atoms with van der Waals surface area (Å²) in [6.45, 7) is 2.05. The van der Waals surface area contributed by atoms with Crippen LogP contribution in [0.25, 0.3) is 0 Å². The van der Waals surface area contributed by atoms with Crippen LogP contribution in [0.4, 0.5) is 17.2 Å². The molecule has 0 fully saturated rings. The van der Waals surface area contributed by atoms with Crippen LogP contribution in [0.1, 0.15) is 36.5 Å². The van der Waals surface area contributed by atoms with Gasteiger partial charge in [0.1, 0.15) is 5.82 Å². The first-order chi connectivity index (χ1) is 11.6. The van der Waals surface area contributed by atoms with Crippen molar-refractivity contribution in [2.75, 3.05) is 17.7 Å². The van der Waals surface area contributed by atoms with E-state index in [0.29, 0.717) is 17.8 Å². The number of hydrogen-bond acceptors (Lipinski definition) is 5. The highest BCUT2D eigenvalue weighted by Crippen LogP contribution is 2.18. The molecule has 126 valence electrons. The highest BCUT2D eigenvalue weighted by atomic mass is 16.5. The van der Waals surface area contributed by atoms with Gasteiger partial charge in [0.05, 0.1) is 24.6 Å². The lowest BCUT2D eigenvalue weighted by Gasteiger charge is -2.08. The summed E-state index contributed by atoms with van der Waals surface area (Å²) in [6.07, 6.45) is 4.00. The molecule has 0 unspecified atom stereocenters. The number of esters is 1. The predicted molar refractivity (Wildman–Crippen MR) is 93.5 cm³/mol. The van der Waals surface area contributed by atoms with Gasteiger partial charge in [-0.3, -0.25) is 4.79 Å². The maximum Gasteiger partial charge on any atom is 0.337 e. The first-order valence-electron chi connectivity index (χ1n) is 7.83. The first kappa shape index (κ1) is 17.5. The number of carbonyl (C=O) groups is 2. The Hall–Kier alpha value is -2.89. The second-order valence-electron chi connectivity index (χ2n) is 5.28. The van der Waals surface area contributed by atoms with E-state index >= 15 is 0 Å². The highest BCUT2D eigenvalue weighted by molar-refractivity contribution is 5.90. The number of nitrogens with one attached hydrogen (secondary N) is 2. The molecule has 1 aromatic carbocycles. The van der Waals surface area contributed by atoms with Crippen molar-refractivity contribution in [2.24, 2.45) is 0 Å². The number of unbranched alkanes of at least 4 members (excludes halogenated alkanes) is 1. The second-order valence-corrected chi connectivity index (χ2v) is 5.28. The van der Waals surface area contributed by atoms with Crippen LogP contribution in [0.3, 0.4) is 0 Å². The Kier molecular flexibility index (Phi) is 6.31. The molecule has 0 aliphatic rings. The van der Waals surface area contributed by atoms with Gasteiger partial charge in [0.15, 0.2) is 0 Å². The van der Waals surface area contributed by atoms with Gasteiger partial charge < -0.3 is 15.4 Å². The fourth-order valence-electron chi connectivity index (χ4n) is 2.06. The SMILES string of the molecule is CCCCC(=O)Nc1ccc(Nc2ccc(C(=O)OC)cc2)cn1. The van der Waals surface area contributed by atoms with Crippen molar-refractivity contribution in [3.8, 4) is 0 Å². The molecule has 0 atom stereocenters. The molecular weight excluding hydrogens is 306 g/mol. The quantitative estimate of drug-likeness (QED) is 0.757. The number of hydrogen-bond donors (Lipinski definition) is 2. The van der Waals surface area contributed by atoms with Crippen LogP contribution in [-0.2, 0) is 9.53 Å². The molecule has 2 N–H and O–H groups in total. The Labute approximate surface area is 141 Å². The van der Waals surface area contributed by atoms with Gasteiger partial charge in [-0.25, -0.2) is 9.78 Å². The molecule has 6 heteroatoms. The van der Waals surface area contributed by atoms with Crippen LogP contribution >= 0.6 is 0 Å². The molecule has 0 radical (unpaired) electrons. The van der Waals surface area contributed by atoms with E-state index in [9.17, 15) is 9.59 Å².